The highest BCUT2D eigenvalue weighted by atomic mass is 16.4. The van der Waals surface area contributed by atoms with Crippen LogP contribution in [0.3, 0.4) is 0 Å². The van der Waals surface area contributed by atoms with E-state index in [-0.39, 0.29) is 11.0 Å². The summed E-state index contributed by atoms with van der Waals surface area (Å²) in [6.07, 6.45) is 2.34. The fraction of sp³-hybridized carbons (Fsp3) is 0.500. The summed E-state index contributed by atoms with van der Waals surface area (Å²) in [7, 11) is 0. The molecule has 0 aliphatic heterocycles. The number of carboxylic acid groups (broad SMARTS) is 1. The molecule has 1 aromatic rings. The van der Waals surface area contributed by atoms with Crippen molar-refractivity contribution in [2.75, 3.05) is 17.6 Å². The lowest BCUT2D eigenvalue weighted by molar-refractivity contribution is 0.0696. The van der Waals surface area contributed by atoms with Gasteiger partial charge in [-0.05, 0) is 17.9 Å². The average Bonchev–Trinajstić information content (AvgIpc) is 2.27. The number of rotatable bonds is 5. The zero-order chi connectivity index (χ0) is 13.1. The number of nitrogens with two attached hydrogens (primary N) is 1. The highest BCUT2D eigenvalue weighted by Gasteiger charge is 2.16. The van der Waals surface area contributed by atoms with Crippen LogP contribution in [0, 0.1) is 5.41 Å². The number of pyridine rings is 1. The summed E-state index contributed by atoms with van der Waals surface area (Å²) in [5.41, 5.74) is 6.35. The third kappa shape index (κ3) is 3.62. The second-order valence-corrected chi connectivity index (χ2v) is 4.84. The van der Waals surface area contributed by atoms with E-state index < -0.39 is 5.97 Å². The van der Waals surface area contributed by atoms with Crippen molar-refractivity contribution in [2.24, 2.45) is 5.41 Å². The van der Waals surface area contributed by atoms with Gasteiger partial charge in [-0.15, -0.1) is 0 Å². The van der Waals surface area contributed by atoms with Crippen LogP contribution in [0.25, 0.3) is 0 Å². The van der Waals surface area contributed by atoms with Crippen molar-refractivity contribution in [3.8, 4) is 0 Å². The van der Waals surface area contributed by atoms with Gasteiger partial charge in [-0.25, -0.2) is 9.78 Å². The van der Waals surface area contributed by atoms with Crippen LogP contribution in [-0.2, 0) is 0 Å². The van der Waals surface area contributed by atoms with E-state index in [1.165, 1.54) is 12.3 Å². The summed E-state index contributed by atoms with van der Waals surface area (Å²) in [6, 6.07) is 1.41. The second-order valence-electron chi connectivity index (χ2n) is 4.84. The lowest BCUT2D eigenvalue weighted by Crippen LogP contribution is -2.23. The normalized spacial score (nSPS) is 11.2. The largest absolute Gasteiger partial charge is 0.478 e. The minimum absolute atomic E-state index is 0.0998. The van der Waals surface area contributed by atoms with Crippen molar-refractivity contribution >= 4 is 17.5 Å². The van der Waals surface area contributed by atoms with Gasteiger partial charge in [0.2, 0.25) is 0 Å². The zero-order valence-corrected chi connectivity index (χ0v) is 10.4. The van der Waals surface area contributed by atoms with E-state index in [9.17, 15) is 4.79 Å². The smallest absolute Gasteiger partial charge is 0.337 e. The molecule has 0 saturated carbocycles. The second kappa shape index (κ2) is 5.03. The first kappa shape index (κ1) is 13.3. The van der Waals surface area contributed by atoms with Gasteiger partial charge in [0.05, 0.1) is 11.3 Å². The van der Waals surface area contributed by atoms with Gasteiger partial charge in [0, 0.05) is 12.7 Å². The van der Waals surface area contributed by atoms with E-state index in [4.69, 9.17) is 10.8 Å². The van der Waals surface area contributed by atoms with Crippen molar-refractivity contribution in [1.82, 2.24) is 4.98 Å². The number of carbonyl (C=O) groups is 1. The van der Waals surface area contributed by atoms with Crippen LogP contribution < -0.4 is 11.1 Å². The standard InChI is InChI=1S/C12H19N3O2/c1-4-12(2,3)7-15-10-9(13)5-8(6-14-10)11(16)17/h5-6H,4,7,13H2,1-3H3,(H,14,15)(H,16,17). The fourth-order valence-corrected chi connectivity index (χ4v) is 1.19. The molecular formula is C12H19N3O2. The Morgan fingerprint density at radius 3 is 2.71 bits per heavy atom. The van der Waals surface area contributed by atoms with Crippen LogP contribution in [0.15, 0.2) is 12.3 Å². The molecule has 4 N–H and O–H groups in total. The highest BCUT2D eigenvalue weighted by Crippen LogP contribution is 2.22. The Hall–Kier alpha value is -1.78. The number of nitrogens with one attached hydrogen (secondary N) is 1. The molecule has 0 fully saturated rings. The molecule has 0 spiro atoms. The van der Waals surface area contributed by atoms with Gasteiger partial charge < -0.3 is 16.2 Å². The van der Waals surface area contributed by atoms with E-state index in [0.717, 1.165) is 13.0 Å². The number of nitrogen functional groups attached to an aromatic ring is 1. The molecule has 17 heavy (non-hydrogen) atoms. The third-order valence-electron chi connectivity index (χ3n) is 2.86. The Balaban J connectivity index is 2.77. The fourth-order valence-electron chi connectivity index (χ4n) is 1.19. The summed E-state index contributed by atoms with van der Waals surface area (Å²) in [5, 5.41) is 11.9. The summed E-state index contributed by atoms with van der Waals surface area (Å²) in [4.78, 5) is 14.7. The zero-order valence-electron chi connectivity index (χ0n) is 10.4. The maximum Gasteiger partial charge on any atom is 0.337 e. The molecule has 0 saturated heterocycles. The van der Waals surface area contributed by atoms with E-state index in [1.54, 1.807) is 0 Å². The van der Waals surface area contributed by atoms with E-state index >= 15 is 0 Å². The van der Waals surface area contributed by atoms with Crippen molar-refractivity contribution in [2.45, 2.75) is 27.2 Å². The van der Waals surface area contributed by atoms with Crippen LogP contribution in [0.1, 0.15) is 37.6 Å². The van der Waals surface area contributed by atoms with E-state index in [2.05, 4.69) is 31.1 Å². The van der Waals surface area contributed by atoms with Crippen LogP contribution >= 0.6 is 0 Å². The van der Waals surface area contributed by atoms with E-state index in [0.29, 0.717) is 11.5 Å². The predicted molar refractivity (Wildman–Crippen MR) is 68.2 cm³/mol. The number of aromatic carboxylic acids is 1. The number of nitrogens with zero attached hydrogens (tertiary/aromatic N) is 1. The molecule has 0 radical (unpaired) electrons. The van der Waals surface area contributed by atoms with Crippen LogP contribution in [0.4, 0.5) is 11.5 Å². The maximum absolute atomic E-state index is 10.7. The summed E-state index contributed by atoms with van der Waals surface area (Å²) in [6.45, 7) is 7.14. The van der Waals surface area contributed by atoms with Crippen molar-refractivity contribution in [3.05, 3.63) is 17.8 Å². The van der Waals surface area contributed by atoms with Gasteiger partial charge >= 0.3 is 5.97 Å². The molecular weight excluding hydrogens is 218 g/mol. The van der Waals surface area contributed by atoms with Crippen molar-refractivity contribution in [1.29, 1.82) is 0 Å². The predicted octanol–water partition coefficient (Wildman–Crippen LogP) is 2.21. The number of carboxylic acids is 1. The molecule has 0 atom stereocenters. The molecule has 0 amide bonds. The number of anilines is 2. The quantitative estimate of drug-likeness (QED) is 0.730. The number of aromatic nitrogens is 1. The molecule has 94 valence electrons. The molecule has 1 heterocycles. The Morgan fingerprint density at radius 2 is 2.24 bits per heavy atom. The Bertz CT molecular complexity index is 416. The van der Waals surface area contributed by atoms with E-state index in [1.807, 2.05) is 0 Å². The van der Waals surface area contributed by atoms with Gasteiger partial charge in [0.25, 0.3) is 0 Å². The molecule has 0 bridgehead atoms. The summed E-state index contributed by atoms with van der Waals surface area (Å²) >= 11 is 0. The molecule has 0 aromatic carbocycles. The monoisotopic (exact) mass is 237 g/mol. The molecule has 1 aromatic heterocycles. The highest BCUT2D eigenvalue weighted by molar-refractivity contribution is 5.89. The molecule has 5 nitrogen and oxygen atoms in total. The number of hydrogen-bond donors (Lipinski definition) is 3. The SMILES string of the molecule is CCC(C)(C)CNc1ncc(C(=O)O)cc1N. The minimum Gasteiger partial charge on any atom is -0.478 e. The maximum atomic E-state index is 10.7. The molecule has 0 aliphatic rings. The van der Waals surface area contributed by atoms with Crippen LogP contribution in [0.2, 0.25) is 0 Å². The Labute approximate surface area is 101 Å². The molecule has 5 heteroatoms. The van der Waals surface area contributed by atoms with Crippen LogP contribution in [-0.4, -0.2) is 22.6 Å². The number of hydrogen-bond acceptors (Lipinski definition) is 4. The lowest BCUT2D eigenvalue weighted by atomic mass is 9.90. The Kier molecular flexibility index (Phi) is 3.93. The summed E-state index contributed by atoms with van der Waals surface area (Å²) in [5.74, 6) is -0.485. The third-order valence-corrected chi connectivity index (χ3v) is 2.86. The average molecular weight is 237 g/mol. The molecule has 0 aliphatic carbocycles. The van der Waals surface area contributed by atoms with Gasteiger partial charge in [-0.1, -0.05) is 20.8 Å². The first-order chi connectivity index (χ1) is 7.85. The molecule has 1 rings (SSSR count). The minimum atomic E-state index is -1.02. The Morgan fingerprint density at radius 1 is 1.59 bits per heavy atom. The van der Waals surface area contributed by atoms with Gasteiger partial charge in [-0.3, -0.25) is 0 Å². The van der Waals surface area contributed by atoms with Gasteiger partial charge in [0.1, 0.15) is 5.82 Å². The van der Waals surface area contributed by atoms with Crippen molar-refractivity contribution in [3.63, 3.8) is 0 Å². The van der Waals surface area contributed by atoms with Crippen LogP contribution in [0.5, 0.6) is 0 Å². The first-order valence-electron chi connectivity index (χ1n) is 5.58. The van der Waals surface area contributed by atoms with Gasteiger partial charge in [0.15, 0.2) is 0 Å². The molecule has 0 unspecified atom stereocenters. The van der Waals surface area contributed by atoms with Crippen molar-refractivity contribution < 1.29 is 9.90 Å². The topological polar surface area (TPSA) is 88.2 Å². The van der Waals surface area contributed by atoms with Gasteiger partial charge in [-0.2, -0.15) is 0 Å². The first-order valence-corrected chi connectivity index (χ1v) is 5.58. The lowest BCUT2D eigenvalue weighted by Gasteiger charge is -2.23. The summed E-state index contributed by atoms with van der Waals surface area (Å²) < 4.78 is 0.